The zero-order valence-electron chi connectivity index (χ0n) is 14.0. The molecule has 10 heteroatoms. The molecule has 2 aliphatic heterocycles. The average molecular weight is 374 g/mol. The lowest BCUT2D eigenvalue weighted by Gasteiger charge is -2.42. The van der Waals surface area contributed by atoms with Crippen molar-refractivity contribution in [2.45, 2.75) is 43.6 Å². The van der Waals surface area contributed by atoms with Crippen LogP contribution in [0.2, 0.25) is 0 Å². The molecule has 0 bridgehead atoms. The van der Waals surface area contributed by atoms with Gasteiger partial charge in [-0.25, -0.2) is 4.79 Å². The maximum atomic E-state index is 11.4. The van der Waals surface area contributed by atoms with Gasteiger partial charge in [0.2, 0.25) is 6.29 Å². The van der Waals surface area contributed by atoms with Crippen LogP contribution in [0.5, 0.6) is 0 Å². The van der Waals surface area contributed by atoms with Crippen LogP contribution in [-0.4, -0.2) is 82.4 Å². The lowest BCUT2D eigenvalue weighted by atomic mass is 9.83. The summed E-state index contributed by atoms with van der Waals surface area (Å²) in [6.45, 7) is -0.298. The predicted octanol–water partition coefficient (Wildman–Crippen LogP) is -1.71. The van der Waals surface area contributed by atoms with E-state index < -0.39 is 55.0 Å². The minimum Gasteiger partial charge on any atom is -0.478 e. The first-order valence-corrected chi connectivity index (χ1v) is 8.15. The van der Waals surface area contributed by atoms with Crippen molar-refractivity contribution in [2.75, 3.05) is 13.7 Å². The first-order chi connectivity index (χ1) is 12.4. The number of methoxy groups -OCH3 is 1. The molecule has 0 spiro atoms. The highest BCUT2D eigenvalue weighted by Crippen LogP contribution is 2.44. The number of rotatable bonds is 5. The topological polar surface area (TPSA) is 155 Å². The Labute approximate surface area is 148 Å². The van der Waals surface area contributed by atoms with Crippen LogP contribution in [0.1, 0.15) is 6.42 Å². The highest BCUT2D eigenvalue weighted by Gasteiger charge is 2.49. The Morgan fingerprint density at radius 2 is 1.88 bits per heavy atom. The number of aliphatic hydroxyl groups excluding tert-OH is 4. The number of carbonyl (C=O) groups is 1. The Balaban J connectivity index is 1.80. The summed E-state index contributed by atoms with van der Waals surface area (Å²) in [4.78, 5) is 11.4. The normalized spacial score (nSPS) is 42.5. The molecule has 0 aromatic carbocycles. The van der Waals surface area contributed by atoms with E-state index in [9.17, 15) is 30.3 Å². The van der Waals surface area contributed by atoms with Crippen molar-refractivity contribution in [1.29, 1.82) is 0 Å². The van der Waals surface area contributed by atoms with Crippen LogP contribution in [0.15, 0.2) is 23.5 Å². The Bertz CT molecular complexity index is 600. The summed E-state index contributed by atoms with van der Waals surface area (Å²) in [6.07, 6.45) is -5.06. The highest BCUT2D eigenvalue weighted by atomic mass is 16.8. The monoisotopic (exact) mass is 374 g/mol. The SMILES string of the molecule is CO[C@H]1O[C@@H](O[C@@H]2OC=C(C(=O)O)[C@H]3CC=C(CO)[C@@H]23)[C@H](O)[C@@H](O)[C@@H]1O. The average Bonchev–Trinajstić information content (AvgIpc) is 3.06. The number of carboxylic acid groups (broad SMARTS) is 1. The van der Waals surface area contributed by atoms with Crippen molar-refractivity contribution in [2.24, 2.45) is 11.8 Å². The third kappa shape index (κ3) is 3.25. The molecule has 3 aliphatic rings. The second-order valence-electron chi connectivity index (χ2n) is 6.40. The van der Waals surface area contributed by atoms with Crippen LogP contribution in [0, 0.1) is 11.8 Å². The van der Waals surface area contributed by atoms with Gasteiger partial charge in [0.15, 0.2) is 12.6 Å². The van der Waals surface area contributed by atoms with Crippen LogP contribution < -0.4 is 0 Å². The second-order valence-corrected chi connectivity index (χ2v) is 6.40. The smallest absolute Gasteiger partial charge is 0.335 e. The Morgan fingerprint density at radius 3 is 2.50 bits per heavy atom. The molecular formula is C16H22O10. The number of hydrogen-bond acceptors (Lipinski definition) is 9. The molecule has 1 fully saturated rings. The predicted molar refractivity (Wildman–Crippen MR) is 82.1 cm³/mol. The van der Waals surface area contributed by atoms with Gasteiger partial charge < -0.3 is 44.5 Å². The first-order valence-electron chi connectivity index (χ1n) is 8.15. The van der Waals surface area contributed by atoms with Gasteiger partial charge in [-0.15, -0.1) is 0 Å². The zero-order chi connectivity index (χ0) is 19.0. The Hall–Kier alpha value is -1.53. The number of aliphatic carboxylic acids is 1. The highest BCUT2D eigenvalue weighted by molar-refractivity contribution is 5.87. The molecule has 26 heavy (non-hydrogen) atoms. The molecule has 8 atom stereocenters. The first kappa shape index (κ1) is 19.2. The van der Waals surface area contributed by atoms with E-state index in [1.165, 1.54) is 7.11 Å². The van der Waals surface area contributed by atoms with Crippen LogP contribution in [0.3, 0.4) is 0 Å². The van der Waals surface area contributed by atoms with Crippen molar-refractivity contribution in [3.05, 3.63) is 23.5 Å². The van der Waals surface area contributed by atoms with Crippen LogP contribution in [0.25, 0.3) is 0 Å². The van der Waals surface area contributed by atoms with Gasteiger partial charge in [-0.05, 0) is 12.0 Å². The number of allylic oxidation sites excluding steroid dienone is 1. The third-order valence-corrected chi connectivity index (χ3v) is 4.97. The Morgan fingerprint density at radius 1 is 1.19 bits per heavy atom. The van der Waals surface area contributed by atoms with E-state index in [0.29, 0.717) is 12.0 Å². The maximum Gasteiger partial charge on any atom is 0.335 e. The molecule has 0 amide bonds. The van der Waals surface area contributed by atoms with Gasteiger partial charge in [0.25, 0.3) is 0 Å². The molecule has 1 aliphatic carbocycles. The molecule has 0 aromatic rings. The van der Waals surface area contributed by atoms with Gasteiger partial charge in [-0.3, -0.25) is 0 Å². The van der Waals surface area contributed by atoms with Crippen molar-refractivity contribution >= 4 is 5.97 Å². The maximum absolute atomic E-state index is 11.4. The third-order valence-electron chi connectivity index (χ3n) is 4.97. The van der Waals surface area contributed by atoms with Gasteiger partial charge >= 0.3 is 5.97 Å². The van der Waals surface area contributed by atoms with E-state index in [0.717, 1.165) is 6.26 Å². The van der Waals surface area contributed by atoms with Gasteiger partial charge in [-0.1, -0.05) is 6.08 Å². The van der Waals surface area contributed by atoms with Gasteiger partial charge in [0, 0.05) is 13.0 Å². The Kier molecular flexibility index (Phi) is 5.63. The number of fused-ring (bicyclic) bond motifs is 1. The van der Waals surface area contributed by atoms with Crippen molar-refractivity contribution in [3.63, 3.8) is 0 Å². The molecular weight excluding hydrogens is 352 g/mol. The van der Waals surface area contributed by atoms with E-state index in [2.05, 4.69) is 0 Å². The molecule has 0 radical (unpaired) electrons. The van der Waals surface area contributed by atoms with Crippen LogP contribution >= 0.6 is 0 Å². The van der Waals surface area contributed by atoms with Gasteiger partial charge in [0.1, 0.15) is 18.3 Å². The van der Waals surface area contributed by atoms with Crippen LogP contribution in [-0.2, 0) is 23.7 Å². The second kappa shape index (κ2) is 7.61. The standard InChI is InChI=1S/C16H22O10/c1-23-15-11(19)10(18)12(20)16(26-15)25-14-9-6(4-17)2-3-7(9)8(5-24-14)13(21)22/h2,5,7,9-12,14-20H,3-4H2,1H3,(H,21,22)/t7-,9-,10+,11+,12-,14+,15+,16-/m1/s1. The number of ether oxygens (including phenoxy) is 4. The van der Waals surface area contributed by atoms with E-state index in [4.69, 9.17) is 18.9 Å². The molecule has 3 rings (SSSR count). The fourth-order valence-corrected chi connectivity index (χ4v) is 3.57. The van der Waals surface area contributed by atoms with Crippen molar-refractivity contribution in [1.82, 2.24) is 0 Å². The summed E-state index contributed by atoms with van der Waals surface area (Å²) in [6, 6.07) is 0. The zero-order valence-corrected chi connectivity index (χ0v) is 14.0. The molecule has 0 aromatic heterocycles. The fraction of sp³-hybridized carbons (Fsp3) is 0.688. The van der Waals surface area contributed by atoms with E-state index >= 15 is 0 Å². The molecule has 1 saturated heterocycles. The number of carboxylic acids is 1. The summed E-state index contributed by atoms with van der Waals surface area (Å²) >= 11 is 0. The van der Waals surface area contributed by atoms with E-state index in [-0.39, 0.29) is 12.2 Å². The number of aliphatic hydroxyl groups is 4. The quantitative estimate of drug-likeness (QED) is 0.351. The van der Waals surface area contributed by atoms with E-state index in [1.54, 1.807) is 6.08 Å². The van der Waals surface area contributed by atoms with Gasteiger partial charge in [-0.2, -0.15) is 0 Å². The number of hydrogen-bond donors (Lipinski definition) is 5. The lowest BCUT2D eigenvalue weighted by molar-refractivity contribution is -0.372. The summed E-state index contributed by atoms with van der Waals surface area (Å²) in [5, 5.41) is 48.7. The van der Waals surface area contributed by atoms with Crippen molar-refractivity contribution in [3.8, 4) is 0 Å². The summed E-state index contributed by atoms with van der Waals surface area (Å²) in [5.41, 5.74) is 0.617. The minimum atomic E-state index is -1.58. The molecule has 0 unspecified atom stereocenters. The molecule has 2 heterocycles. The molecule has 5 N–H and O–H groups in total. The van der Waals surface area contributed by atoms with Crippen LogP contribution in [0.4, 0.5) is 0 Å². The largest absolute Gasteiger partial charge is 0.478 e. The minimum absolute atomic E-state index is 0.0601. The van der Waals surface area contributed by atoms with Crippen molar-refractivity contribution < 1.29 is 49.3 Å². The van der Waals surface area contributed by atoms with Gasteiger partial charge in [0.05, 0.1) is 24.4 Å². The summed E-state index contributed by atoms with van der Waals surface area (Å²) in [5.74, 6) is -2.17. The lowest BCUT2D eigenvalue weighted by Crippen LogP contribution is -2.59. The molecule has 0 saturated carbocycles. The summed E-state index contributed by atoms with van der Waals surface area (Å²) < 4.78 is 21.3. The summed E-state index contributed by atoms with van der Waals surface area (Å²) in [7, 11) is 1.26. The van der Waals surface area contributed by atoms with E-state index in [1.807, 2.05) is 0 Å². The molecule has 146 valence electrons. The fourth-order valence-electron chi connectivity index (χ4n) is 3.57. The molecule has 10 nitrogen and oxygen atoms in total.